The van der Waals surface area contributed by atoms with Crippen molar-refractivity contribution in [3.8, 4) is 0 Å². The normalized spacial score (nSPS) is 16.3. The molecule has 5 N–H and O–H groups in total. The van der Waals surface area contributed by atoms with Crippen LogP contribution in [0.1, 0.15) is 80.7 Å². The number of nitrogens with one attached hydrogen (secondary N) is 3. The number of urea groups is 1. The second-order valence-electron chi connectivity index (χ2n) is 11.5. The zero-order valence-electron chi connectivity index (χ0n) is 22.2. The quantitative estimate of drug-likeness (QED) is 0.482. The molecule has 0 bridgehead atoms. The van der Waals surface area contributed by atoms with Crippen molar-refractivity contribution in [3.05, 3.63) is 59.2 Å². The highest BCUT2D eigenvalue weighted by atomic mass is 16.2. The lowest BCUT2D eigenvalue weighted by atomic mass is 9.87. The predicted molar refractivity (Wildman–Crippen MR) is 145 cm³/mol. The summed E-state index contributed by atoms with van der Waals surface area (Å²) in [6, 6.07) is 12.4. The van der Waals surface area contributed by atoms with Crippen LogP contribution in [0.25, 0.3) is 0 Å². The van der Waals surface area contributed by atoms with E-state index in [0.717, 1.165) is 18.4 Å². The van der Waals surface area contributed by atoms with Crippen LogP contribution < -0.4 is 21.7 Å². The molecule has 0 aliphatic carbocycles. The Morgan fingerprint density at radius 1 is 0.972 bits per heavy atom. The summed E-state index contributed by atoms with van der Waals surface area (Å²) in [5.74, 6) is -0.804. The van der Waals surface area contributed by atoms with Crippen LogP contribution in [0.3, 0.4) is 0 Å². The summed E-state index contributed by atoms with van der Waals surface area (Å²) in [5.41, 5.74) is 8.40. The minimum atomic E-state index is -0.564. The Kier molecular flexibility index (Phi) is 7.96. The standard InChI is InChI=1S/C28H39N5O3/c1-27(2,3)19-11-9-18(10-12-19)25(35)31-20-13-14-22(24(29)34)23(16-20)30-21-8-7-15-33(17-21)26(36)32-28(4,5)6/h9-14,16,21,30H,7-8,15,17H2,1-6H3,(H2,29,34)(H,31,35)(H,32,36). The summed E-state index contributed by atoms with van der Waals surface area (Å²) in [6.07, 6.45) is 1.68. The molecular formula is C28H39N5O3. The number of hydrogen-bond acceptors (Lipinski definition) is 4. The van der Waals surface area contributed by atoms with Crippen molar-refractivity contribution < 1.29 is 14.4 Å². The van der Waals surface area contributed by atoms with E-state index in [0.29, 0.717) is 35.6 Å². The molecule has 1 atom stereocenters. The Balaban J connectivity index is 1.74. The van der Waals surface area contributed by atoms with Crippen molar-refractivity contribution in [2.45, 2.75) is 71.4 Å². The number of carbonyl (C=O) groups excluding carboxylic acids is 3. The lowest BCUT2D eigenvalue weighted by molar-refractivity contribution is 0.0998. The zero-order chi connectivity index (χ0) is 26.7. The molecular weight excluding hydrogens is 454 g/mol. The van der Waals surface area contributed by atoms with Crippen molar-refractivity contribution >= 4 is 29.2 Å². The number of rotatable bonds is 5. The summed E-state index contributed by atoms with van der Waals surface area (Å²) in [7, 11) is 0. The van der Waals surface area contributed by atoms with Gasteiger partial charge in [-0.3, -0.25) is 9.59 Å². The maximum absolute atomic E-state index is 12.9. The number of benzene rings is 2. The Labute approximate surface area is 214 Å². The number of nitrogens with zero attached hydrogens (tertiary/aromatic N) is 1. The summed E-state index contributed by atoms with van der Waals surface area (Å²) in [5, 5.41) is 9.29. The molecule has 36 heavy (non-hydrogen) atoms. The molecule has 0 spiro atoms. The van der Waals surface area contributed by atoms with E-state index in [1.165, 1.54) is 0 Å². The highest BCUT2D eigenvalue weighted by Gasteiger charge is 2.27. The molecule has 1 fully saturated rings. The van der Waals surface area contributed by atoms with Gasteiger partial charge in [0.1, 0.15) is 0 Å². The highest BCUT2D eigenvalue weighted by Crippen LogP contribution is 2.26. The van der Waals surface area contributed by atoms with Gasteiger partial charge in [0.05, 0.1) is 5.56 Å². The molecule has 1 aliphatic rings. The first kappa shape index (κ1) is 27.0. The second kappa shape index (κ2) is 10.6. The van der Waals surface area contributed by atoms with E-state index in [2.05, 4.69) is 36.7 Å². The lowest BCUT2D eigenvalue weighted by Crippen LogP contribution is -2.53. The first-order valence-electron chi connectivity index (χ1n) is 12.4. The molecule has 8 nitrogen and oxygen atoms in total. The molecule has 1 saturated heterocycles. The first-order chi connectivity index (χ1) is 16.7. The molecule has 2 aromatic rings. The van der Waals surface area contributed by atoms with E-state index >= 15 is 0 Å². The van der Waals surface area contributed by atoms with Crippen molar-refractivity contribution in [1.29, 1.82) is 0 Å². The van der Waals surface area contributed by atoms with Crippen molar-refractivity contribution in [2.75, 3.05) is 23.7 Å². The number of carbonyl (C=O) groups is 3. The number of anilines is 2. The van der Waals surface area contributed by atoms with Crippen LogP contribution in [0.4, 0.5) is 16.2 Å². The van der Waals surface area contributed by atoms with Gasteiger partial charge in [-0.25, -0.2) is 4.79 Å². The fourth-order valence-electron chi connectivity index (χ4n) is 4.18. The van der Waals surface area contributed by atoms with Gasteiger partial charge >= 0.3 is 6.03 Å². The molecule has 2 aromatic carbocycles. The van der Waals surface area contributed by atoms with Gasteiger partial charge in [0.15, 0.2) is 0 Å². The summed E-state index contributed by atoms with van der Waals surface area (Å²) in [4.78, 5) is 39.4. The van der Waals surface area contributed by atoms with E-state index < -0.39 is 5.91 Å². The fourth-order valence-corrected chi connectivity index (χ4v) is 4.18. The zero-order valence-corrected chi connectivity index (χ0v) is 22.2. The Bertz CT molecular complexity index is 1110. The maximum atomic E-state index is 12.9. The second-order valence-corrected chi connectivity index (χ2v) is 11.5. The van der Waals surface area contributed by atoms with Crippen LogP contribution >= 0.6 is 0 Å². The molecule has 3 rings (SSSR count). The molecule has 1 unspecified atom stereocenters. The van der Waals surface area contributed by atoms with Gasteiger partial charge in [-0.2, -0.15) is 0 Å². The third kappa shape index (κ3) is 7.23. The number of hydrogen-bond donors (Lipinski definition) is 4. The average Bonchev–Trinajstić information content (AvgIpc) is 2.77. The van der Waals surface area contributed by atoms with Crippen molar-refractivity contribution in [1.82, 2.24) is 10.2 Å². The Hall–Kier alpha value is -3.55. The molecule has 194 valence electrons. The maximum Gasteiger partial charge on any atom is 0.317 e. The Morgan fingerprint density at radius 3 is 2.22 bits per heavy atom. The number of piperidine rings is 1. The molecule has 1 heterocycles. The molecule has 0 saturated carbocycles. The smallest absolute Gasteiger partial charge is 0.317 e. The summed E-state index contributed by atoms with van der Waals surface area (Å²) < 4.78 is 0. The van der Waals surface area contributed by atoms with E-state index in [1.54, 1.807) is 23.1 Å². The van der Waals surface area contributed by atoms with Gasteiger partial charge in [0.25, 0.3) is 11.8 Å². The minimum absolute atomic E-state index is 0.00227. The van der Waals surface area contributed by atoms with Crippen LogP contribution in [-0.2, 0) is 5.41 Å². The van der Waals surface area contributed by atoms with E-state index in [-0.39, 0.29) is 28.9 Å². The molecule has 0 aromatic heterocycles. The molecule has 4 amide bonds. The number of primary amides is 1. The first-order valence-corrected chi connectivity index (χ1v) is 12.4. The van der Waals surface area contributed by atoms with Gasteiger partial charge in [0.2, 0.25) is 0 Å². The summed E-state index contributed by atoms with van der Waals surface area (Å²) >= 11 is 0. The lowest BCUT2D eigenvalue weighted by Gasteiger charge is -2.36. The minimum Gasteiger partial charge on any atom is -0.380 e. The highest BCUT2D eigenvalue weighted by molar-refractivity contribution is 6.05. The van der Waals surface area contributed by atoms with Gasteiger partial charge in [-0.1, -0.05) is 32.9 Å². The van der Waals surface area contributed by atoms with Crippen molar-refractivity contribution in [3.63, 3.8) is 0 Å². The largest absolute Gasteiger partial charge is 0.380 e. The van der Waals surface area contributed by atoms with Gasteiger partial charge in [-0.05, 0) is 74.9 Å². The molecule has 0 radical (unpaired) electrons. The number of amides is 4. The molecule has 1 aliphatic heterocycles. The van der Waals surface area contributed by atoms with Gasteiger partial charge in [-0.15, -0.1) is 0 Å². The average molecular weight is 494 g/mol. The Morgan fingerprint density at radius 2 is 1.64 bits per heavy atom. The van der Waals surface area contributed by atoms with Crippen LogP contribution in [0.15, 0.2) is 42.5 Å². The van der Waals surface area contributed by atoms with E-state index in [9.17, 15) is 14.4 Å². The number of nitrogens with two attached hydrogens (primary N) is 1. The van der Waals surface area contributed by atoms with Crippen LogP contribution in [0, 0.1) is 0 Å². The van der Waals surface area contributed by atoms with Crippen LogP contribution in [-0.4, -0.2) is 47.4 Å². The van der Waals surface area contributed by atoms with Crippen LogP contribution in [0.5, 0.6) is 0 Å². The third-order valence-electron chi connectivity index (χ3n) is 6.11. The topological polar surface area (TPSA) is 117 Å². The summed E-state index contributed by atoms with van der Waals surface area (Å²) in [6.45, 7) is 13.4. The van der Waals surface area contributed by atoms with E-state index in [4.69, 9.17) is 5.73 Å². The van der Waals surface area contributed by atoms with E-state index in [1.807, 2.05) is 45.0 Å². The van der Waals surface area contributed by atoms with Crippen LogP contribution in [0.2, 0.25) is 0 Å². The van der Waals surface area contributed by atoms with Gasteiger partial charge < -0.3 is 26.6 Å². The number of likely N-dealkylation sites (tertiary alicyclic amines) is 1. The monoisotopic (exact) mass is 493 g/mol. The fraction of sp³-hybridized carbons (Fsp3) is 0.464. The molecule has 8 heteroatoms. The van der Waals surface area contributed by atoms with Crippen molar-refractivity contribution in [2.24, 2.45) is 5.73 Å². The SMILES string of the molecule is CC(C)(C)NC(=O)N1CCCC(Nc2cc(NC(=O)c3ccc(C(C)(C)C)cc3)ccc2C(N)=O)C1. The van der Waals surface area contributed by atoms with Gasteiger partial charge in [0, 0.05) is 41.6 Å². The predicted octanol–water partition coefficient (Wildman–Crippen LogP) is 4.72. The third-order valence-corrected chi connectivity index (χ3v) is 6.11.